The molecule has 0 atom stereocenters. The van der Waals surface area contributed by atoms with E-state index in [1.54, 1.807) is 18.2 Å². The lowest BCUT2D eigenvalue weighted by atomic mass is 10.1. The van der Waals surface area contributed by atoms with E-state index in [2.05, 4.69) is 15.9 Å². The number of rotatable bonds is 5. The monoisotopic (exact) mass is 349 g/mol. The molecule has 0 heterocycles. The predicted octanol–water partition coefficient (Wildman–Crippen LogP) is 3.79. The van der Waals surface area contributed by atoms with Gasteiger partial charge in [0.05, 0.1) is 6.61 Å². The van der Waals surface area contributed by atoms with E-state index in [-0.39, 0.29) is 12.2 Å². The number of anilines is 1. The highest BCUT2D eigenvalue weighted by atomic mass is 79.9. The summed E-state index contributed by atoms with van der Waals surface area (Å²) in [6.45, 7) is 2.47. The number of ether oxygens (including phenoxy) is 2. The maximum atomic E-state index is 12.2. The van der Waals surface area contributed by atoms with Gasteiger partial charge < -0.3 is 15.2 Å². The number of carbonyl (C=O) groups excluding carboxylic acids is 1. The number of nitrogens with two attached hydrogens (primary N) is 1. The average Bonchev–Trinajstić information content (AvgIpc) is 2.47. The third kappa shape index (κ3) is 3.76. The molecule has 0 bridgehead atoms. The molecule has 2 aromatic rings. The number of nitrogen functional groups attached to an aromatic ring is 1. The minimum atomic E-state index is -0.493. The Morgan fingerprint density at radius 3 is 2.67 bits per heavy atom. The van der Waals surface area contributed by atoms with Crippen molar-refractivity contribution in [3.05, 3.63) is 58.1 Å². The van der Waals surface area contributed by atoms with Gasteiger partial charge in [0, 0.05) is 15.7 Å². The molecule has 0 fully saturated rings. The molecule has 0 saturated heterocycles. The van der Waals surface area contributed by atoms with E-state index in [0.29, 0.717) is 18.0 Å². The highest BCUT2D eigenvalue weighted by molar-refractivity contribution is 9.10. The number of carbonyl (C=O) groups is 1. The summed E-state index contributed by atoms with van der Waals surface area (Å²) < 4.78 is 11.7. The smallest absolute Gasteiger partial charge is 0.344 e. The molecule has 0 aromatic heterocycles. The Hall–Kier alpha value is -2.01. The predicted molar refractivity (Wildman–Crippen MR) is 85.3 cm³/mol. The molecule has 0 aliphatic carbocycles. The van der Waals surface area contributed by atoms with Crippen LogP contribution in [0, 0.1) is 0 Å². The maximum absolute atomic E-state index is 12.2. The molecule has 0 radical (unpaired) electrons. The average molecular weight is 350 g/mol. The summed E-state index contributed by atoms with van der Waals surface area (Å²) in [7, 11) is 0. The molecule has 21 heavy (non-hydrogen) atoms. The van der Waals surface area contributed by atoms with E-state index in [9.17, 15) is 4.79 Å². The van der Waals surface area contributed by atoms with Gasteiger partial charge in [-0.15, -0.1) is 0 Å². The second-order valence-electron chi connectivity index (χ2n) is 4.32. The van der Waals surface area contributed by atoms with Crippen LogP contribution < -0.4 is 10.5 Å². The molecule has 4 nitrogen and oxygen atoms in total. The largest absolute Gasteiger partial charge is 0.493 e. The first kappa shape index (κ1) is 15.4. The van der Waals surface area contributed by atoms with E-state index < -0.39 is 5.97 Å². The van der Waals surface area contributed by atoms with Crippen LogP contribution >= 0.6 is 15.9 Å². The van der Waals surface area contributed by atoms with Gasteiger partial charge in [-0.3, -0.25) is 0 Å². The Morgan fingerprint density at radius 1 is 1.19 bits per heavy atom. The molecular formula is C16H16BrNO3. The minimum absolute atomic E-state index is 0.167. The molecular weight excluding hydrogens is 334 g/mol. The number of esters is 1. The summed E-state index contributed by atoms with van der Waals surface area (Å²) in [4.78, 5) is 12.2. The third-order valence-electron chi connectivity index (χ3n) is 2.88. The fourth-order valence-electron chi connectivity index (χ4n) is 1.87. The van der Waals surface area contributed by atoms with Crippen molar-refractivity contribution in [2.24, 2.45) is 0 Å². The van der Waals surface area contributed by atoms with Gasteiger partial charge in [-0.05, 0) is 25.1 Å². The van der Waals surface area contributed by atoms with Crippen LogP contribution in [0.3, 0.4) is 0 Å². The number of benzene rings is 2. The van der Waals surface area contributed by atoms with Crippen LogP contribution in [-0.4, -0.2) is 12.6 Å². The first-order chi connectivity index (χ1) is 10.1. The topological polar surface area (TPSA) is 61.5 Å². The van der Waals surface area contributed by atoms with Crippen molar-refractivity contribution in [1.29, 1.82) is 0 Å². The van der Waals surface area contributed by atoms with Crippen molar-refractivity contribution < 1.29 is 14.3 Å². The zero-order valence-corrected chi connectivity index (χ0v) is 13.2. The molecule has 0 amide bonds. The van der Waals surface area contributed by atoms with E-state index in [0.717, 1.165) is 10.0 Å². The van der Waals surface area contributed by atoms with Crippen LogP contribution in [0.25, 0.3) is 0 Å². The molecule has 2 rings (SSSR count). The second kappa shape index (κ2) is 7.13. The van der Waals surface area contributed by atoms with Crippen molar-refractivity contribution in [2.75, 3.05) is 12.3 Å². The van der Waals surface area contributed by atoms with E-state index >= 15 is 0 Å². The maximum Gasteiger partial charge on any atom is 0.344 e. The minimum Gasteiger partial charge on any atom is -0.493 e. The number of halogens is 1. The van der Waals surface area contributed by atoms with Crippen LogP contribution in [-0.2, 0) is 11.3 Å². The summed E-state index contributed by atoms with van der Waals surface area (Å²) in [6.07, 6.45) is 0. The summed E-state index contributed by atoms with van der Waals surface area (Å²) in [6, 6.07) is 12.7. The second-order valence-corrected chi connectivity index (χ2v) is 5.18. The van der Waals surface area contributed by atoms with Gasteiger partial charge in [-0.25, -0.2) is 4.79 Å². The highest BCUT2D eigenvalue weighted by Crippen LogP contribution is 2.26. The van der Waals surface area contributed by atoms with Gasteiger partial charge in [-0.1, -0.05) is 40.2 Å². The molecule has 5 heteroatoms. The van der Waals surface area contributed by atoms with Crippen molar-refractivity contribution in [2.45, 2.75) is 13.5 Å². The highest BCUT2D eigenvalue weighted by Gasteiger charge is 2.18. The lowest BCUT2D eigenvalue weighted by molar-refractivity contribution is 0.0469. The quantitative estimate of drug-likeness (QED) is 0.658. The van der Waals surface area contributed by atoms with E-state index in [4.69, 9.17) is 15.2 Å². The Bertz CT molecular complexity index is 643. The lowest BCUT2D eigenvalue weighted by Crippen LogP contribution is -2.11. The first-order valence-corrected chi connectivity index (χ1v) is 7.34. The standard InChI is InChI=1S/C16H16BrNO3/c1-2-20-14-9-5-8-13(18)15(14)16(19)21-10-11-6-3-4-7-12(11)17/h3-9H,2,10,18H2,1H3. The first-order valence-electron chi connectivity index (χ1n) is 6.55. The van der Waals surface area contributed by atoms with Crippen molar-refractivity contribution in [3.8, 4) is 5.75 Å². The summed E-state index contributed by atoms with van der Waals surface area (Å²) in [5.74, 6) is -0.0538. The zero-order valence-electron chi connectivity index (χ0n) is 11.6. The molecule has 0 aliphatic heterocycles. The van der Waals surface area contributed by atoms with Crippen molar-refractivity contribution >= 4 is 27.6 Å². The van der Waals surface area contributed by atoms with E-state index in [1.807, 2.05) is 31.2 Å². The van der Waals surface area contributed by atoms with Crippen LogP contribution in [0.2, 0.25) is 0 Å². The summed E-state index contributed by atoms with van der Waals surface area (Å²) in [5, 5.41) is 0. The molecule has 0 aliphatic rings. The van der Waals surface area contributed by atoms with Gasteiger partial charge >= 0.3 is 5.97 Å². The van der Waals surface area contributed by atoms with Crippen LogP contribution in [0.4, 0.5) is 5.69 Å². The Labute approximate surface area is 132 Å². The normalized spacial score (nSPS) is 10.2. The van der Waals surface area contributed by atoms with E-state index in [1.165, 1.54) is 0 Å². The van der Waals surface area contributed by atoms with Gasteiger partial charge in [0.2, 0.25) is 0 Å². The fraction of sp³-hybridized carbons (Fsp3) is 0.188. The fourth-order valence-corrected chi connectivity index (χ4v) is 2.27. The Morgan fingerprint density at radius 2 is 1.95 bits per heavy atom. The van der Waals surface area contributed by atoms with Gasteiger partial charge in [0.1, 0.15) is 17.9 Å². The van der Waals surface area contributed by atoms with Crippen molar-refractivity contribution in [3.63, 3.8) is 0 Å². The molecule has 2 N–H and O–H groups in total. The zero-order chi connectivity index (χ0) is 15.2. The molecule has 0 spiro atoms. The van der Waals surface area contributed by atoms with Crippen LogP contribution in [0.5, 0.6) is 5.75 Å². The lowest BCUT2D eigenvalue weighted by Gasteiger charge is -2.12. The Kier molecular flexibility index (Phi) is 5.22. The van der Waals surface area contributed by atoms with Gasteiger partial charge in [-0.2, -0.15) is 0 Å². The van der Waals surface area contributed by atoms with Gasteiger partial charge in [0.25, 0.3) is 0 Å². The van der Waals surface area contributed by atoms with Crippen molar-refractivity contribution in [1.82, 2.24) is 0 Å². The van der Waals surface area contributed by atoms with Crippen LogP contribution in [0.15, 0.2) is 46.9 Å². The molecule has 0 saturated carbocycles. The molecule has 0 unspecified atom stereocenters. The molecule has 2 aromatic carbocycles. The van der Waals surface area contributed by atoms with Crippen LogP contribution in [0.1, 0.15) is 22.8 Å². The third-order valence-corrected chi connectivity index (χ3v) is 3.65. The van der Waals surface area contributed by atoms with Gasteiger partial charge in [0.15, 0.2) is 0 Å². The number of hydrogen-bond donors (Lipinski definition) is 1. The molecule has 110 valence electrons. The number of hydrogen-bond acceptors (Lipinski definition) is 4. The SMILES string of the molecule is CCOc1cccc(N)c1C(=O)OCc1ccccc1Br. The summed E-state index contributed by atoms with van der Waals surface area (Å²) >= 11 is 3.42. The summed E-state index contributed by atoms with van der Waals surface area (Å²) in [5.41, 5.74) is 7.36. The Balaban J connectivity index is 2.16.